The molecule has 30 heavy (non-hydrogen) atoms. The number of hydrazone groups is 1. The molecule has 152 valence electrons. The number of thioether (sulfide) groups is 1. The molecule has 2 heterocycles. The van der Waals surface area contributed by atoms with Crippen LogP contribution in [0.3, 0.4) is 0 Å². The number of halogens is 1. The second-order valence-electron chi connectivity index (χ2n) is 7.30. The quantitative estimate of drug-likeness (QED) is 0.448. The number of nitrogens with zero attached hydrogens (tertiary/aromatic N) is 2. The van der Waals surface area contributed by atoms with Crippen LogP contribution in [0.15, 0.2) is 76.7 Å². The van der Waals surface area contributed by atoms with Gasteiger partial charge in [0.2, 0.25) is 6.23 Å². The zero-order valence-corrected chi connectivity index (χ0v) is 18.3. The molecule has 0 aromatic heterocycles. The van der Waals surface area contributed by atoms with Crippen molar-refractivity contribution in [2.24, 2.45) is 5.10 Å². The average Bonchev–Trinajstić information content (AvgIpc) is 3.24. The lowest BCUT2D eigenvalue weighted by atomic mass is 9.96. The highest BCUT2D eigenvalue weighted by atomic mass is 35.5. The maximum absolute atomic E-state index is 6.41. The van der Waals surface area contributed by atoms with Gasteiger partial charge in [-0.05, 0) is 66.4 Å². The lowest BCUT2D eigenvalue weighted by Gasteiger charge is -2.38. The van der Waals surface area contributed by atoms with Crippen LogP contribution in [-0.2, 0) is 0 Å². The standard InChI is InChI=1S/C24H21ClN2O2S/c1-28-18-8-3-15(4-9-18)21-14-22-20-13-17(25)7-12-23(20)29-24(27(22)26-21)16-5-10-19(30-2)11-6-16/h3-13,22,24H,14H2,1-2H3/t22-,24+/m0/s1. The van der Waals surface area contributed by atoms with E-state index in [1.807, 2.05) is 30.3 Å². The Morgan fingerprint density at radius 1 is 1.07 bits per heavy atom. The number of ether oxygens (including phenoxy) is 2. The highest BCUT2D eigenvalue weighted by Crippen LogP contribution is 2.48. The fourth-order valence-corrected chi connectivity index (χ4v) is 4.59. The van der Waals surface area contributed by atoms with Gasteiger partial charge in [-0.2, -0.15) is 5.10 Å². The smallest absolute Gasteiger partial charge is 0.213 e. The molecule has 0 saturated heterocycles. The SMILES string of the molecule is COc1ccc(C2=NN3[C@@H](c4ccc(SC)cc4)Oc4ccc(Cl)cc4[C@@H]3C2)cc1. The normalized spacial score (nSPS) is 19.6. The summed E-state index contributed by atoms with van der Waals surface area (Å²) < 4.78 is 11.7. The zero-order valence-electron chi connectivity index (χ0n) is 16.7. The second kappa shape index (κ2) is 7.89. The zero-order chi connectivity index (χ0) is 20.7. The molecule has 0 saturated carbocycles. The van der Waals surface area contributed by atoms with Gasteiger partial charge in [0.1, 0.15) is 11.5 Å². The maximum Gasteiger partial charge on any atom is 0.213 e. The number of fused-ring (bicyclic) bond motifs is 3. The Hall–Kier alpha value is -2.63. The monoisotopic (exact) mass is 436 g/mol. The van der Waals surface area contributed by atoms with E-state index < -0.39 is 0 Å². The van der Waals surface area contributed by atoms with Gasteiger partial charge in [-0.3, -0.25) is 0 Å². The molecule has 6 heteroatoms. The third-order valence-electron chi connectivity index (χ3n) is 5.58. The third kappa shape index (κ3) is 3.42. The topological polar surface area (TPSA) is 34.1 Å². The second-order valence-corrected chi connectivity index (χ2v) is 8.62. The van der Waals surface area contributed by atoms with Crippen molar-refractivity contribution in [1.29, 1.82) is 0 Å². The molecule has 0 aliphatic carbocycles. The fourth-order valence-electron chi connectivity index (χ4n) is 4.00. The van der Waals surface area contributed by atoms with Crippen LogP contribution >= 0.6 is 23.4 Å². The van der Waals surface area contributed by atoms with Crippen molar-refractivity contribution in [3.8, 4) is 11.5 Å². The van der Waals surface area contributed by atoms with Crippen LogP contribution in [0.2, 0.25) is 5.02 Å². The first-order chi connectivity index (χ1) is 14.7. The van der Waals surface area contributed by atoms with Crippen LogP contribution in [0.5, 0.6) is 11.5 Å². The summed E-state index contributed by atoms with van der Waals surface area (Å²) >= 11 is 8.04. The molecule has 2 aliphatic heterocycles. The van der Waals surface area contributed by atoms with Crippen molar-refractivity contribution in [2.75, 3.05) is 13.4 Å². The first-order valence-corrected chi connectivity index (χ1v) is 11.4. The summed E-state index contributed by atoms with van der Waals surface area (Å²) in [4.78, 5) is 1.22. The molecule has 0 unspecified atom stereocenters. The van der Waals surface area contributed by atoms with Gasteiger partial charge in [-0.1, -0.05) is 23.7 Å². The average molecular weight is 437 g/mol. The summed E-state index contributed by atoms with van der Waals surface area (Å²) in [7, 11) is 1.67. The van der Waals surface area contributed by atoms with Crippen LogP contribution in [0.1, 0.15) is 35.4 Å². The first-order valence-electron chi connectivity index (χ1n) is 9.76. The number of methoxy groups -OCH3 is 1. The first kappa shape index (κ1) is 19.3. The predicted octanol–water partition coefficient (Wildman–Crippen LogP) is 6.31. The Morgan fingerprint density at radius 3 is 2.53 bits per heavy atom. The van der Waals surface area contributed by atoms with Gasteiger partial charge in [-0.15, -0.1) is 11.8 Å². The van der Waals surface area contributed by atoms with Crippen molar-refractivity contribution in [3.05, 3.63) is 88.4 Å². The maximum atomic E-state index is 6.41. The van der Waals surface area contributed by atoms with Crippen LogP contribution in [0.4, 0.5) is 0 Å². The Kier molecular flexibility index (Phi) is 5.09. The predicted molar refractivity (Wildman–Crippen MR) is 122 cm³/mol. The van der Waals surface area contributed by atoms with E-state index in [4.69, 9.17) is 26.2 Å². The molecule has 2 atom stereocenters. The van der Waals surface area contributed by atoms with E-state index in [9.17, 15) is 0 Å². The Balaban J connectivity index is 1.56. The minimum atomic E-state index is -0.282. The van der Waals surface area contributed by atoms with Gasteiger partial charge in [0.15, 0.2) is 0 Å². The van der Waals surface area contributed by atoms with Crippen molar-refractivity contribution < 1.29 is 9.47 Å². The van der Waals surface area contributed by atoms with Crippen molar-refractivity contribution >= 4 is 29.1 Å². The van der Waals surface area contributed by atoms with E-state index in [0.29, 0.717) is 5.02 Å². The van der Waals surface area contributed by atoms with E-state index >= 15 is 0 Å². The van der Waals surface area contributed by atoms with E-state index in [-0.39, 0.29) is 12.3 Å². The van der Waals surface area contributed by atoms with E-state index in [1.54, 1.807) is 18.9 Å². The minimum Gasteiger partial charge on any atom is -0.497 e. The molecule has 3 aromatic rings. The molecule has 0 spiro atoms. The number of benzene rings is 3. The van der Waals surface area contributed by atoms with E-state index in [2.05, 4.69) is 47.7 Å². The Bertz CT molecular complexity index is 1100. The lowest BCUT2D eigenvalue weighted by molar-refractivity contribution is -0.0190. The molecule has 4 nitrogen and oxygen atoms in total. The molecule has 0 fully saturated rings. The van der Waals surface area contributed by atoms with Crippen molar-refractivity contribution in [2.45, 2.75) is 23.6 Å². The van der Waals surface area contributed by atoms with E-state index in [1.165, 1.54) is 4.90 Å². The molecule has 2 aliphatic rings. The van der Waals surface area contributed by atoms with Crippen LogP contribution in [0, 0.1) is 0 Å². The summed E-state index contributed by atoms with van der Waals surface area (Å²) in [5, 5.41) is 7.78. The van der Waals surface area contributed by atoms with Crippen LogP contribution < -0.4 is 9.47 Å². The summed E-state index contributed by atoms with van der Waals surface area (Å²) in [5.41, 5.74) is 4.28. The Morgan fingerprint density at radius 2 is 1.83 bits per heavy atom. The van der Waals surface area contributed by atoms with Crippen molar-refractivity contribution in [1.82, 2.24) is 5.01 Å². The van der Waals surface area contributed by atoms with Crippen molar-refractivity contribution in [3.63, 3.8) is 0 Å². The summed E-state index contributed by atoms with van der Waals surface area (Å²) in [6.45, 7) is 0. The number of rotatable bonds is 4. The van der Waals surface area contributed by atoms with Gasteiger partial charge in [0, 0.05) is 27.5 Å². The highest BCUT2D eigenvalue weighted by Gasteiger charge is 2.41. The van der Waals surface area contributed by atoms with Gasteiger partial charge < -0.3 is 9.47 Å². The minimum absolute atomic E-state index is 0.0785. The van der Waals surface area contributed by atoms with Crippen LogP contribution in [0.25, 0.3) is 0 Å². The molecule has 5 rings (SSSR count). The molecule has 0 radical (unpaired) electrons. The van der Waals surface area contributed by atoms with Gasteiger partial charge >= 0.3 is 0 Å². The molecule has 0 N–H and O–H groups in total. The summed E-state index contributed by atoms with van der Waals surface area (Å²) in [6.07, 6.45) is 2.59. The Labute approximate surface area is 185 Å². The molecular formula is C24H21ClN2O2S. The summed E-state index contributed by atoms with van der Waals surface area (Å²) in [5.74, 6) is 1.70. The molecule has 0 bridgehead atoms. The number of hydrogen-bond donors (Lipinski definition) is 0. The van der Waals surface area contributed by atoms with Gasteiger partial charge in [0.25, 0.3) is 0 Å². The third-order valence-corrected chi connectivity index (χ3v) is 6.55. The lowest BCUT2D eigenvalue weighted by Crippen LogP contribution is -2.33. The van der Waals surface area contributed by atoms with Gasteiger partial charge in [-0.25, -0.2) is 5.01 Å². The molecular weight excluding hydrogens is 416 g/mol. The largest absolute Gasteiger partial charge is 0.497 e. The fraction of sp³-hybridized carbons (Fsp3) is 0.208. The van der Waals surface area contributed by atoms with E-state index in [0.717, 1.165) is 40.3 Å². The molecule has 3 aromatic carbocycles. The number of hydrogen-bond acceptors (Lipinski definition) is 5. The summed E-state index contributed by atoms with van der Waals surface area (Å²) in [6, 6.07) is 22.4. The highest BCUT2D eigenvalue weighted by molar-refractivity contribution is 7.98. The molecule has 0 amide bonds. The van der Waals surface area contributed by atoms with Crippen LogP contribution in [-0.4, -0.2) is 24.1 Å². The van der Waals surface area contributed by atoms with Gasteiger partial charge in [0.05, 0.1) is 18.9 Å².